The Morgan fingerprint density at radius 1 is 1.21 bits per heavy atom. The number of para-hydroxylation sites is 2. The number of piperidine rings is 1. The van der Waals surface area contributed by atoms with Gasteiger partial charge in [-0.3, -0.25) is 9.89 Å². The molecule has 1 fully saturated rings. The molecule has 3 aromatic rings. The molecule has 1 aromatic carbocycles. The van der Waals surface area contributed by atoms with Crippen LogP contribution in [-0.4, -0.2) is 42.8 Å². The summed E-state index contributed by atoms with van der Waals surface area (Å²) >= 11 is 0. The summed E-state index contributed by atoms with van der Waals surface area (Å²) < 4.78 is 2.04. The SMILES string of the molecule is CC1(C)CC(NC(=O)c2cc(Cn3cnc4ccccc43)[nH]n2)CC(C)(C)N1. The Morgan fingerprint density at radius 3 is 2.68 bits per heavy atom. The largest absolute Gasteiger partial charge is 0.348 e. The molecule has 0 atom stereocenters. The standard InChI is InChI=1S/C21H28N6O/c1-20(2)10-15(11-21(3,4)26-20)23-19(28)17-9-14(24-25-17)12-27-13-22-16-7-5-6-8-18(16)27/h5-9,13,15,26H,10-12H2,1-4H3,(H,23,28)(H,24,25). The van der Waals surface area contributed by atoms with E-state index in [9.17, 15) is 4.79 Å². The smallest absolute Gasteiger partial charge is 0.271 e. The minimum Gasteiger partial charge on any atom is -0.348 e. The van der Waals surface area contributed by atoms with Gasteiger partial charge < -0.3 is 15.2 Å². The number of aromatic nitrogens is 4. The number of aromatic amines is 1. The van der Waals surface area contributed by atoms with Gasteiger partial charge in [0.05, 0.1) is 29.6 Å². The molecule has 0 aliphatic carbocycles. The highest BCUT2D eigenvalue weighted by Gasteiger charge is 2.38. The zero-order valence-corrected chi connectivity index (χ0v) is 16.9. The number of carbonyl (C=O) groups excluding carboxylic acids is 1. The van der Waals surface area contributed by atoms with E-state index in [1.54, 1.807) is 0 Å². The van der Waals surface area contributed by atoms with E-state index in [0.29, 0.717) is 12.2 Å². The van der Waals surface area contributed by atoms with Crippen LogP contribution >= 0.6 is 0 Å². The molecule has 0 bridgehead atoms. The van der Waals surface area contributed by atoms with E-state index in [-0.39, 0.29) is 23.0 Å². The van der Waals surface area contributed by atoms with E-state index in [0.717, 1.165) is 29.6 Å². The number of rotatable bonds is 4. The fourth-order valence-electron chi connectivity index (χ4n) is 4.56. The van der Waals surface area contributed by atoms with Crippen molar-refractivity contribution in [2.45, 2.75) is 64.2 Å². The molecule has 0 unspecified atom stereocenters. The lowest BCUT2D eigenvalue weighted by atomic mass is 9.79. The molecule has 28 heavy (non-hydrogen) atoms. The first-order valence-electron chi connectivity index (χ1n) is 9.75. The molecule has 0 spiro atoms. The fraction of sp³-hybridized carbons (Fsp3) is 0.476. The van der Waals surface area contributed by atoms with E-state index in [1.165, 1.54) is 0 Å². The highest BCUT2D eigenvalue weighted by molar-refractivity contribution is 5.92. The van der Waals surface area contributed by atoms with Crippen LogP contribution < -0.4 is 10.6 Å². The average Bonchev–Trinajstić information content (AvgIpc) is 3.20. The van der Waals surface area contributed by atoms with E-state index in [2.05, 4.69) is 53.5 Å². The van der Waals surface area contributed by atoms with Gasteiger partial charge in [0, 0.05) is 17.1 Å². The molecule has 1 amide bonds. The first kappa shape index (κ1) is 18.7. The highest BCUT2D eigenvalue weighted by Crippen LogP contribution is 2.28. The van der Waals surface area contributed by atoms with Gasteiger partial charge in [-0.05, 0) is 58.7 Å². The zero-order chi connectivity index (χ0) is 19.9. The number of amides is 1. The lowest BCUT2D eigenvalue weighted by Gasteiger charge is -2.46. The van der Waals surface area contributed by atoms with Crippen LogP contribution in [0.25, 0.3) is 11.0 Å². The van der Waals surface area contributed by atoms with E-state index >= 15 is 0 Å². The molecule has 0 radical (unpaired) electrons. The van der Waals surface area contributed by atoms with Crippen LogP contribution in [0.3, 0.4) is 0 Å². The van der Waals surface area contributed by atoms with Crippen molar-refractivity contribution >= 4 is 16.9 Å². The highest BCUT2D eigenvalue weighted by atomic mass is 16.2. The summed E-state index contributed by atoms with van der Waals surface area (Å²) in [5.41, 5.74) is 3.28. The number of carbonyl (C=O) groups is 1. The molecule has 0 saturated carbocycles. The molecule has 2 aromatic heterocycles. The van der Waals surface area contributed by atoms with Crippen molar-refractivity contribution in [1.82, 2.24) is 30.4 Å². The third-order valence-corrected chi connectivity index (χ3v) is 5.26. The van der Waals surface area contributed by atoms with Crippen molar-refractivity contribution in [3.8, 4) is 0 Å². The quantitative estimate of drug-likeness (QED) is 0.649. The van der Waals surface area contributed by atoms with Gasteiger partial charge in [0.15, 0.2) is 0 Å². The van der Waals surface area contributed by atoms with Crippen LogP contribution in [0.1, 0.15) is 56.7 Å². The Hall–Kier alpha value is -2.67. The summed E-state index contributed by atoms with van der Waals surface area (Å²) in [6.45, 7) is 9.29. The fourth-order valence-corrected chi connectivity index (χ4v) is 4.56. The molecule has 4 rings (SSSR count). The molecule has 1 saturated heterocycles. The summed E-state index contributed by atoms with van der Waals surface area (Å²) in [5, 5.41) is 14.0. The summed E-state index contributed by atoms with van der Waals surface area (Å²) in [4.78, 5) is 17.1. The summed E-state index contributed by atoms with van der Waals surface area (Å²) in [7, 11) is 0. The van der Waals surface area contributed by atoms with Crippen LogP contribution in [0.5, 0.6) is 0 Å². The predicted octanol–water partition coefficient (Wildman–Crippen LogP) is 2.85. The van der Waals surface area contributed by atoms with Gasteiger partial charge in [0.2, 0.25) is 0 Å². The summed E-state index contributed by atoms with van der Waals surface area (Å²) in [5.74, 6) is -0.128. The molecule has 1 aliphatic heterocycles. The monoisotopic (exact) mass is 380 g/mol. The number of nitrogens with zero attached hydrogens (tertiary/aromatic N) is 3. The van der Waals surface area contributed by atoms with Crippen LogP contribution in [0.4, 0.5) is 0 Å². The third-order valence-electron chi connectivity index (χ3n) is 5.26. The molecule has 7 heteroatoms. The number of hydrogen-bond acceptors (Lipinski definition) is 4. The second-order valence-electron chi connectivity index (χ2n) is 9.11. The topological polar surface area (TPSA) is 87.6 Å². The van der Waals surface area contributed by atoms with Crippen molar-refractivity contribution in [2.24, 2.45) is 0 Å². The lowest BCUT2D eigenvalue weighted by molar-refractivity contribution is 0.0868. The summed E-state index contributed by atoms with van der Waals surface area (Å²) in [6.07, 6.45) is 3.59. The first-order valence-corrected chi connectivity index (χ1v) is 9.75. The van der Waals surface area contributed by atoms with Crippen molar-refractivity contribution in [3.05, 3.63) is 48.0 Å². The second-order valence-corrected chi connectivity index (χ2v) is 9.11. The number of imidazole rings is 1. The van der Waals surface area contributed by atoms with Crippen molar-refractivity contribution in [3.63, 3.8) is 0 Å². The lowest BCUT2D eigenvalue weighted by Crippen LogP contribution is -2.62. The predicted molar refractivity (Wildman–Crippen MR) is 109 cm³/mol. The van der Waals surface area contributed by atoms with E-state index in [1.807, 2.05) is 41.2 Å². The Labute approximate surface area is 164 Å². The van der Waals surface area contributed by atoms with E-state index < -0.39 is 0 Å². The van der Waals surface area contributed by atoms with Crippen LogP contribution in [-0.2, 0) is 6.54 Å². The molecule has 148 valence electrons. The molecule has 7 nitrogen and oxygen atoms in total. The molecule has 3 heterocycles. The van der Waals surface area contributed by atoms with Crippen molar-refractivity contribution in [1.29, 1.82) is 0 Å². The summed E-state index contributed by atoms with van der Waals surface area (Å²) in [6, 6.07) is 9.93. The molecule has 3 N–H and O–H groups in total. The van der Waals surface area contributed by atoms with Gasteiger partial charge in [0.1, 0.15) is 5.69 Å². The van der Waals surface area contributed by atoms with Gasteiger partial charge in [-0.1, -0.05) is 12.1 Å². The maximum Gasteiger partial charge on any atom is 0.271 e. The van der Waals surface area contributed by atoms with Crippen molar-refractivity contribution in [2.75, 3.05) is 0 Å². The number of H-pyrrole nitrogens is 1. The average molecular weight is 380 g/mol. The van der Waals surface area contributed by atoms with Gasteiger partial charge in [-0.25, -0.2) is 4.98 Å². The van der Waals surface area contributed by atoms with Crippen LogP contribution in [0.2, 0.25) is 0 Å². The first-order chi connectivity index (χ1) is 13.2. The normalized spacial score (nSPS) is 19.0. The molecule has 1 aliphatic rings. The Kier molecular flexibility index (Phi) is 4.50. The van der Waals surface area contributed by atoms with Gasteiger partial charge >= 0.3 is 0 Å². The number of fused-ring (bicyclic) bond motifs is 1. The maximum absolute atomic E-state index is 12.7. The number of benzene rings is 1. The van der Waals surface area contributed by atoms with Crippen molar-refractivity contribution < 1.29 is 4.79 Å². The van der Waals surface area contributed by atoms with E-state index in [4.69, 9.17) is 0 Å². The zero-order valence-electron chi connectivity index (χ0n) is 16.9. The Morgan fingerprint density at radius 2 is 1.93 bits per heavy atom. The Bertz CT molecular complexity index is 983. The van der Waals surface area contributed by atoms with Crippen LogP contribution in [0.15, 0.2) is 36.7 Å². The number of nitrogens with one attached hydrogen (secondary N) is 3. The van der Waals surface area contributed by atoms with Gasteiger partial charge in [0.25, 0.3) is 5.91 Å². The molecular weight excluding hydrogens is 352 g/mol. The van der Waals surface area contributed by atoms with Crippen LogP contribution in [0, 0.1) is 0 Å². The second kappa shape index (κ2) is 6.74. The number of hydrogen-bond donors (Lipinski definition) is 3. The minimum absolute atomic E-state index is 0.0150. The Balaban J connectivity index is 1.44. The maximum atomic E-state index is 12.7. The molecular formula is C21H28N6O. The van der Waals surface area contributed by atoms with Gasteiger partial charge in [-0.15, -0.1) is 0 Å². The van der Waals surface area contributed by atoms with Gasteiger partial charge in [-0.2, -0.15) is 5.10 Å². The third kappa shape index (κ3) is 3.94. The minimum atomic E-state index is -0.128.